The number of nitrogens with one attached hydrogen (secondary N) is 2. The third-order valence-electron chi connectivity index (χ3n) is 3.96. The lowest BCUT2D eigenvalue weighted by atomic mass is 10.2. The van der Waals surface area contributed by atoms with E-state index in [9.17, 15) is 9.59 Å². The van der Waals surface area contributed by atoms with Gasteiger partial charge in [0, 0.05) is 37.5 Å². The molecule has 0 saturated heterocycles. The normalized spacial score (nSPS) is 10.8. The number of amides is 2. The Morgan fingerprint density at radius 3 is 2.23 bits per heavy atom. The van der Waals surface area contributed by atoms with Gasteiger partial charge in [0.25, 0.3) is 0 Å². The Morgan fingerprint density at radius 1 is 1.19 bits per heavy atom. The zero-order valence-electron chi connectivity index (χ0n) is 15.5. The van der Waals surface area contributed by atoms with Crippen LogP contribution in [0.25, 0.3) is 0 Å². The molecule has 0 aliphatic heterocycles. The van der Waals surface area contributed by atoms with Gasteiger partial charge in [0.1, 0.15) is 5.15 Å². The van der Waals surface area contributed by atoms with Gasteiger partial charge in [-0.2, -0.15) is 5.10 Å². The molecule has 140 valence electrons. The van der Waals surface area contributed by atoms with Crippen molar-refractivity contribution < 1.29 is 9.59 Å². The molecule has 0 spiro atoms. The Balaban J connectivity index is 1.95. The molecule has 0 bridgehead atoms. The van der Waals surface area contributed by atoms with E-state index in [0.29, 0.717) is 29.6 Å². The molecule has 1 aromatic heterocycles. The predicted octanol–water partition coefficient (Wildman–Crippen LogP) is 2.80. The van der Waals surface area contributed by atoms with Crippen molar-refractivity contribution in [2.75, 3.05) is 23.7 Å². The summed E-state index contributed by atoms with van der Waals surface area (Å²) < 4.78 is 1.64. The van der Waals surface area contributed by atoms with Crippen LogP contribution < -0.4 is 10.6 Å². The van der Waals surface area contributed by atoms with E-state index in [1.165, 1.54) is 6.92 Å². The first-order chi connectivity index (χ1) is 12.3. The van der Waals surface area contributed by atoms with E-state index in [1.54, 1.807) is 36.0 Å². The summed E-state index contributed by atoms with van der Waals surface area (Å²) in [5.74, 6) is -0.249. The van der Waals surface area contributed by atoms with Crippen molar-refractivity contribution in [1.82, 2.24) is 14.7 Å². The van der Waals surface area contributed by atoms with E-state index in [0.717, 1.165) is 11.3 Å². The molecule has 0 atom stereocenters. The second-order valence-corrected chi connectivity index (χ2v) is 6.45. The third-order valence-corrected chi connectivity index (χ3v) is 4.43. The number of nitrogens with zero attached hydrogens (tertiary/aromatic N) is 3. The summed E-state index contributed by atoms with van der Waals surface area (Å²) in [6.07, 6.45) is 0. The summed E-state index contributed by atoms with van der Waals surface area (Å²) >= 11 is 6.28. The van der Waals surface area contributed by atoms with Crippen LogP contribution in [0.3, 0.4) is 0 Å². The Hall–Kier alpha value is -2.38. The van der Waals surface area contributed by atoms with E-state index >= 15 is 0 Å². The van der Waals surface area contributed by atoms with Crippen molar-refractivity contribution in [3.05, 3.63) is 40.7 Å². The molecule has 2 amide bonds. The van der Waals surface area contributed by atoms with Gasteiger partial charge in [-0.1, -0.05) is 18.5 Å². The van der Waals surface area contributed by atoms with Crippen molar-refractivity contribution in [1.29, 1.82) is 0 Å². The van der Waals surface area contributed by atoms with Crippen LogP contribution in [0.5, 0.6) is 0 Å². The Bertz CT molecular complexity index is 786. The molecule has 26 heavy (non-hydrogen) atoms. The quantitative estimate of drug-likeness (QED) is 0.777. The summed E-state index contributed by atoms with van der Waals surface area (Å²) in [4.78, 5) is 25.4. The molecule has 0 radical (unpaired) electrons. The van der Waals surface area contributed by atoms with E-state index in [1.807, 2.05) is 18.7 Å². The second-order valence-electron chi connectivity index (χ2n) is 6.09. The number of aromatic nitrogens is 2. The number of anilines is 2. The lowest BCUT2D eigenvalue weighted by Crippen LogP contribution is -2.33. The minimum absolute atomic E-state index is 0.114. The number of benzene rings is 1. The fourth-order valence-corrected chi connectivity index (χ4v) is 2.83. The van der Waals surface area contributed by atoms with Gasteiger partial charge < -0.3 is 10.6 Å². The fourth-order valence-electron chi connectivity index (χ4n) is 2.60. The van der Waals surface area contributed by atoms with Crippen LogP contribution >= 0.6 is 11.6 Å². The number of aryl methyl sites for hydroxylation is 2. The van der Waals surface area contributed by atoms with Gasteiger partial charge >= 0.3 is 0 Å². The summed E-state index contributed by atoms with van der Waals surface area (Å²) in [5.41, 5.74) is 3.16. The SMILES string of the molecule is CCN(CC(=O)Nc1ccc(NC(C)=O)cc1)Cc1c(C)nn(C)c1Cl. The van der Waals surface area contributed by atoms with Gasteiger partial charge in [0.05, 0.1) is 12.2 Å². The lowest BCUT2D eigenvalue weighted by Gasteiger charge is -2.20. The highest BCUT2D eigenvalue weighted by molar-refractivity contribution is 6.30. The molecule has 2 rings (SSSR count). The van der Waals surface area contributed by atoms with Crippen LogP contribution in [0.1, 0.15) is 25.1 Å². The van der Waals surface area contributed by atoms with Gasteiger partial charge in [0.15, 0.2) is 0 Å². The highest BCUT2D eigenvalue weighted by atomic mass is 35.5. The molecular formula is C18H24ClN5O2. The van der Waals surface area contributed by atoms with Crippen LogP contribution in [-0.2, 0) is 23.2 Å². The molecule has 2 N–H and O–H groups in total. The highest BCUT2D eigenvalue weighted by Gasteiger charge is 2.16. The number of carbonyl (C=O) groups is 2. The number of hydrogen-bond acceptors (Lipinski definition) is 4. The molecule has 0 aliphatic rings. The summed E-state index contributed by atoms with van der Waals surface area (Å²) in [5, 5.41) is 10.4. The van der Waals surface area contributed by atoms with Crippen LogP contribution in [0, 0.1) is 6.92 Å². The summed E-state index contributed by atoms with van der Waals surface area (Å²) in [7, 11) is 1.80. The highest BCUT2D eigenvalue weighted by Crippen LogP contribution is 2.20. The second kappa shape index (κ2) is 8.82. The molecule has 7 nitrogen and oxygen atoms in total. The summed E-state index contributed by atoms with van der Waals surface area (Å²) in [6.45, 7) is 6.87. The summed E-state index contributed by atoms with van der Waals surface area (Å²) in [6, 6.07) is 6.99. The third kappa shape index (κ3) is 5.31. The van der Waals surface area contributed by atoms with Crippen LogP contribution in [0.4, 0.5) is 11.4 Å². The van der Waals surface area contributed by atoms with Crippen LogP contribution in [0.2, 0.25) is 5.15 Å². The van der Waals surface area contributed by atoms with Gasteiger partial charge in [-0.15, -0.1) is 0 Å². The maximum absolute atomic E-state index is 12.3. The Morgan fingerprint density at radius 2 is 1.77 bits per heavy atom. The molecule has 0 unspecified atom stereocenters. The molecular weight excluding hydrogens is 354 g/mol. The van der Waals surface area contributed by atoms with Crippen molar-refractivity contribution in [2.24, 2.45) is 7.05 Å². The molecule has 0 saturated carbocycles. The Labute approximate surface area is 158 Å². The van der Waals surface area contributed by atoms with Gasteiger partial charge in [-0.05, 0) is 37.7 Å². The minimum Gasteiger partial charge on any atom is -0.326 e. The van der Waals surface area contributed by atoms with Crippen molar-refractivity contribution >= 4 is 34.8 Å². The fraction of sp³-hybridized carbons (Fsp3) is 0.389. The van der Waals surface area contributed by atoms with E-state index in [-0.39, 0.29) is 18.4 Å². The van der Waals surface area contributed by atoms with Gasteiger partial charge in [-0.25, -0.2) is 0 Å². The maximum Gasteiger partial charge on any atom is 0.238 e. The number of carbonyl (C=O) groups excluding carboxylic acids is 2. The topological polar surface area (TPSA) is 79.3 Å². The molecule has 2 aromatic rings. The van der Waals surface area contributed by atoms with Crippen molar-refractivity contribution in [3.63, 3.8) is 0 Å². The Kier molecular flexibility index (Phi) is 6.76. The van der Waals surface area contributed by atoms with E-state index < -0.39 is 0 Å². The van der Waals surface area contributed by atoms with Crippen LogP contribution in [0.15, 0.2) is 24.3 Å². The average Bonchev–Trinajstić information content (AvgIpc) is 2.81. The number of rotatable bonds is 7. The molecule has 0 aliphatic carbocycles. The van der Waals surface area contributed by atoms with Crippen LogP contribution in [-0.4, -0.2) is 39.6 Å². The first-order valence-corrected chi connectivity index (χ1v) is 8.75. The molecule has 0 fully saturated rings. The van der Waals surface area contributed by atoms with Gasteiger partial charge in [0.2, 0.25) is 11.8 Å². The van der Waals surface area contributed by atoms with Crippen molar-refractivity contribution in [2.45, 2.75) is 27.3 Å². The van der Waals surface area contributed by atoms with E-state index in [2.05, 4.69) is 15.7 Å². The zero-order chi connectivity index (χ0) is 19.3. The first kappa shape index (κ1) is 19.9. The average molecular weight is 378 g/mol. The standard InChI is InChI=1S/C18H24ClN5O2/c1-5-24(10-16-12(2)22-23(4)18(16)19)11-17(26)21-15-8-6-14(7-9-15)20-13(3)25/h6-9H,5,10-11H2,1-4H3,(H,20,25)(H,21,26). The lowest BCUT2D eigenvalue weighted by molar-refractivity contribution is -0.117. The number of halogens is 1. The molecule has 8 heteroatoms. The minimum atomic E-state index is -0.135. The predicted molar refractivity (Wildman–Crippen MR) is 103 cm³/mol. The monoisotopic (exact) mass is 377 g/mol. The molecule has 1 aromatic carbocycles. The number of hydrogen-bond donors (Lipinski definition) is 2. The van der Waals surface area contributed by atoms with E-state index in [4.69, 9.17) is 11.6 Å². The first-order valence-electron chi connectivity index (χ1n) is 8.38. The van der Waals surface area contributed by atoms with Crippen molar-refractivity contribution in [3.8, 4) is 0 Å². The zero-order valence-corrected chi connectivity index (χ0v) is 16.2. The number of likely N-dealkylation sites (N-methyl/N-ethyl adjacent to an activating group) is 1. The van der Waals surface area contributed by atoms with Gasteiger partial charge in [-0.3, -0.25) is 19.2 Å². The maximum atomic E-state index is 12.3. The smallest absolute Gasteiger partial charge is 0.238 e. The molecule has 1 heterocycles. The largest absolute Gasteiger partial charge is 0.326 e.